The van der Waals surface area contributed by atoms with E-state index in [-0.39, 0.29) is 31.0 Å². The molecule has 0 aliphatic rings. The van der Waals surface area contributed by atoms with Crippen LogP contribution in [0.5, 0.6) is 0 Å². The molecule has 0 aromatic heterocycles. The van der Waals surface area contributed by atoms with Gasteiger partial charge in [0, 0.05) is 0 Å². The summed E-state index contributed by atoms with van der Waals surface area (Å²) in [5, 5.41) is 3.68. The first-order valence-electron chi connectivity index (χ1n) is 18.1. The minimum atomic E-state index is 0. The molecular formula is C36H76NNa. The van der Waals surface area contributed by atoms with Crippen molar-refractivity contribution < 1.29 is 31.0 Å². The molecule has 0 aromatic rings. The zero-order valence-corrected chi connectivity index (χ0v) is 29.5. The summed E-state index contributed by atoms with van der Waals surface area (Å²) in [6, 6.07) is 0. The number of rotatable bonds is 34. The molecule has 38 heavy (non-hydrogen) atoms. The van der Waals surface area contributed by atoms with Gasteiger partial charge < -0.3 is 6.74 Å². The monoisotopic (exact) mass is 546 g/mol. The van der Waals surface area contributed by atoms with Gasteiger partial charge in [0.15, 0.2) is 0 Å². The van der Waals surface area contributed by atoms with E-state index in [4.69, 9.17) is 0 Å². The largest absolute Gasteiger partial charge is 1.00 e. The van der Waals surface area contributed by atoms with Crippen molar-refractivity contribution in [2.24, 2.45) is 0 Å². The van der Waals surface area contributed by atoms with Crippen LogP contribution in [0.2, 0.25) is 0 Å². The van der Waals surface area contributed by atoms with Crippen molar-refractivity contribution in [2.75, 3.05) is 13.1 Å². The number of unbranched alkanes of at least 4 members (excludes halogenated alkanes) is 30. The van der Waals surface area contributed by atoms with Crippen LogP contribution in [0.3, 0.4) is 0 Å². The SMILES string of the molecule is CCCCCCCCCCCCCCCCCCNCCCCCCCCCCCCCCCCCC.[H-].[Na+]. The summed E-state index contributed by atoms with van der Waals surface area (Å²) in [5.41, 5.74) is 0. The summed E-state index contributed by atoms with van der Waals surface area (Å²) in [6.07, 6.45) is 46.7. The molecule has 226 valence electrons. The van der Waals surface area contributed by atoms with Crippen LogP contribution in [0.4, 0.5) is 0 Å². The topological polar surface area (TPSA) is 12.0 Å². The van der Waals surface area contributed by atoms with Crippen molar-refractivity contribution in [2.45, 2.75) is 219 Å². The molecule has 0 saturated heterocycles. The molecule has 0 heterocycles. The third kappa shape index (κ3) is 39.1. The maximum atomic E-state index is 3.68. The maximum Gasteiger partial charge on any atom is 1.00 e. The van der Waals surface area contributed by atoms with E-state index >= 15 is 0 Å². The van der Waals surface area contributed by atoms with Crippen molar-refractivity contribution in [1.29, 1.82) is 0 Å². The van der Waals surface area contributed by atoms with E-state index < -0.39 is 0 Å². The van der Waals surface area contributed by atoms with Gasteiger partial charge in [-0.1, -0.05) is 206 Å². The molecule has 0 amide bonds. The molecule has 0 unspecified atom stereocenters. The molecule has 0 spiro atoms. The second-order valence-electron chi connectivity index (χ2n) is 12.4. The third-order valence-electron chi connectivity index (χ3n) is 8.41. The Labute approximate surface area is 267 Å². The van der Waals surface area contributed by atoms with E-state index in [2.05, 4.69) is 19.2 Å². The van der Waals surface area contributed by atoms with Gasteiger partial charge in [-0.15, -0.1) is 0 Å². The molecular weight excluding hydrogens is 469 g/mol. The van der Waals surface area contributed by atoms with E-state index in [1.807, 2.05) is 0 Å². The fourth-order valence-electron chi connectivity index (χ4n) is 5.72. The van der Waals surface area contributed by atoms with Gasteiger partial charge in [-0.3, -0.25) is 0 Å². The number of hydrogen-bond acceptors (Lipinski definition) is 1. The Morgan fingerprint density at radius 3 is 0.605 bits per heavy atom. The molecule has 1 N–H and O–H groups in total. The number of hydrogen-bond donors (Lipinski definition) is 1. The van der Waals surface area contributed by atoms with Crippen LogP contribution >= 0.6 is 0 Å². The maximum absolute atomic E-state index is 3.68. The Balaban J connectivity index is -0.00000648. The van der Waals surface area contributed by atoms with E-state index in [0.29, 0.717) is 0 Å². The molecule has 0 rings (SSSR count). The van der Waals surface area contributed by atoms with Crippen molar-refractivity contribution in [3.8, 4) is 0 Å². The van der Waals surface area contributed by atoms with Gasteiger partial charge in [0.2, 0.25) is 0 Å². The average molecular weight is 546 g/mol. The first kappa shape index (κ1) is 41.1. The van der Waals surface area contributed by atoms with Gasteiger partial charge in [0.1, 0.15) is 0 Å². The van der Waals surface area contributed by atoms with E-state index in [9.17, 15) is 0 Å². The average Bonchev–Trinajstić information content (AvgIpc) is 2.91. The van der Waals surface area contributed by atoms with Gasteiger partial charge in [0.25, 0.3) is 0 Å². The van der Waals surface area contributed by atoms with Crippen molar-refractivity contribution in [3.63, 3.8) is 0 Å². The third-order valence-corrected chi connectivity index (χ3v) is 8.41. The minimum Gasteiger partial charge on any atom is -1.00 e. The molecule has 0 saturated carbocycles. The van der Waals surface area contributed by atoms with Crippen LogP contribution in [-0.4, -0.2) is 13.1 Å². The Bertz CT molecular complexity index is 345. The standard InChI is InChI=1S/C36H75N.Na.H/c1-3-5-7-9-11-13-15-17-19-21-23-25-27-29-31-33-35-37-36-34-32-30-28-26-24-22-20-18-16-14-12-10-8-6-4-2;;/h37H,3-36H2,1-2H3;;/q;+1;-1. The van der Waals surface area contributed by atoms with Crippen LogP contribution < -0.4 is 34.9 Å². The van der Waals surface area contributed by atoms with Gasteiger partial charge >= 0.3 is 29.6 Å². The normalized spacial score (nSPS) is 11.2. The van der Waals surface area contributed by atoms with Gasteiger partial charge in [-0.25, -0.2) is 0 Å². The van der Waals surface area contributed by atoms with E-state index in [1.165, 1.54) is 219 Å². The van der Waals surface area contributed by atoms with Crippen molar-refractivity contribution in [3.05, 3.63) is 0 Å². The second kappa shape index (κ2) is 40.1. The fraction of sp³-hybridized carbons (Fsp3) is 1.00. The van der Waals surface area contributed by atoms with Gasteiger partial charge in [-0.2, -0.15) is 0 Å². The summed E-state index contributed by atoms with van der Waals surface area (Å²) in [5.74, 6) is 0. The van der Waals surface area contributed by atoms with Crippen LogP contribution in [0.25, 0.3) is 0 Å². The molecule has 1 nitrogen and oxygen atoms in total. The zero-order valence-electron chi connectivity index (χ0n) is 28.5. The van der Waals surface area contributed by atoms with Crippen LogP contribution in [0.1, 0.15) is 221 Å². The molecule has 0 atom stereocenters. The zero-order chi connectivity index (χ0) is 26.7. The summed E-state index contributed by atoms with van der Waals surface area (Å²) in [6.45, 7) is 7.11. The predicted molar refractivity (Wildman–Crippen MR) is 173 cm³/mol. The van der Waals surface area contributed by atoms with Crippen LogP contribution in [-0.2, 0) is 0 Å². The minimum absolute atomic E-state index is 0. The van der Waals surface area contributed by atoms with Gasteiger partial charge in [0.05, 0.1) is 0 Å². The van der Waals surface area contributed by atoms with E-state index in [1.54, 1.807) is 0 Å². The summed E-state index contributed by atoms with van der Waals surface area (Å²) in [4.78, 5) is 0. The smallest absolute Gasteiger partial charge is 1.00 e. The Morgan fingerprint density at radius 1 is 0.263 bits per heavy atom. The van der Waals surface area contributed by atoms with Crippen molar-refractivity contribution >= 4 is 0 Å². The molecule has 0 fully saturated rings. The van der Waals surface area contributed by atoms with Crippen LogP contribution in [0, 0.1) is 0 Å². The molecule has 0 aliphatic carbocycles. The van der Waals surface area contributed by atoms with Crippen molar-refractivity contribution in [1.82, 2.24) is 5.32 Å². The summed E-state index contributed by atoms with van der Waals surface area (Å²) >= 11 is 0. The summed E-state index contributed by atoms with van der Waals surface area (Å²) < 4.78 is 0. The number of nitrogens with one attached hydrogen (secondary N) is 1. The first-order valence-corrected chi connectivity index (χ1v) is 18.1. The van der Waals surface area contributed by atoms with E-state index in [0.717, 1.165) is 0 Å². The quantitative estimate of drug-likeness (QED) is 0.0626. The summed E-state index contributed by atoms with van der Waals surface area (Å²) in [7, 11) is 0. The Morgan fingerprint density at radius 2 is 0.421 bits per heavy atom. The fourth-order valence-corrected chi connectivity index (χ4v) is 5.72. The first-order chi connectivity index (χ1) is 18.4. The van der Waals surface area contributed by atoms with Crippen LogP contribution in [0.15, 0.2) is 0 Å². The molecule has 2 heteroatoms. The Hall–Kier alpha value is 0.960. The predicted octanol–water partition coefficient (Wildman–Crippen LogP) is 10.2. The second-order valence-corrected chi connectivity index (χ2v) is 12.4. The molecule has 0 bridgehead atoms. The molecule has 0 aliphatic heterocycles. The molecule has 0 aromatic carbocycles. The molecule has 0 radical (unpaired) electrons. The van der Waals surface area contributed by atoms with Gasteiger partial charge in [-0.05, 0) is 25.9 Å². The Kier molecular flexibility index (Phi) is 43.4.